The van der Waals surface area contributed by atoms with Crippen LogP contribution in [0.1, 0.15) is 32.8 Å². The summed E-state index contributed by atoms with van der Waals surface area (Å²) in [5.41, 5.74) is 1.32. The molecule has 0 saturated heterocycles. The van der Waals surface area contributed by atoms with Gasteiger partial charge in [-0.1, -0.05) is 75.0 Å². The van der Waals surface area contributed by atoms with Gasteiger partial charge in [0.15, 0.2) is 0 Å². The van der Waals surface area contributed by atoms with Crippen molar-refractivity contribution in [2.24, 2.45) is 0 Å². The van der Waals surface area contributed by atoms with Crippen LogP contribution in [0.4, 0.5) is 0 Å². The van der Waals surface area contributed by atoms with E-state index < -0.39 is 0 Å². The van der Waals surface area contributed by atoms with Crippen molar-refractivity contribution < 1.29 is 4.79 Å². The standard InChI is InChI=1S/C7H13NOS.C7H8.C2H6/c1-4-7(5-9)10-6(2)8-3;1-7-5-3-2-4-6-7;1-2/h5,7-8H,2,4H2,1,3H3;2-6H,1H3;1-2H3. The van der Waals surface area contributed by atoms with Crippen LogP contribution in [0.15, 0.2) is 41.9 Å². The van der Waals surface area contributed by atoms with Crippen LogP contribution in [0.25, 0.3) is 0 Å². The van der Waals surface area contributed by atoms with Crippen LogP contribution in [-0.4, -0.2) is 18.6 Å². The molecule has 0 saturated carbocycles. The molecule has 0 amide bonds. The molecule has 0 bridgehead atoms. The van der Waals surface area contributed by atoms with Crippen LogP contribution in [0.2, 0.25) is 0 Å². The number of benzene rings is 1. The summed E-state index contributed by atoms with van der Waals surface area (Å²) in [6.07, 6.45) is 1.81. The van der Waals surface area contributed by atoms with Crippen molar-refractivity contribution in [3.63, 3.8) is 0 Å². The number of carbonyl (C=O) groups is 1. The van der Waals surface area contributed by atoms with Crippen molar-refractivity contribution in [1.82, 2.24) is 5.32 Å². The lowest BCUT2D eigenvalue weighted by atomic mass is 10.2. The summed E-state index contributed by atoms with van der Waals surface area (Å²) in [7, 11) is 1.80. The first-order valence-electron chi connectivity index (χ1n) is 6.64. The summed E-state index contributed by atoms with van der Waals surface area (Å²) in [5.74, 6) is 0. The normalized spacial score (nSPS) is 9.95. The van der Waals surface area contributed by atoms with Gasteiger partial charge in [-0.15, -0.1) is 0 Å². The van der Waals surface area contributed by atoms with E-state index in [1.807, 2.05) is 39.0 Å². The molecule has 19 heavy (non-hydrogen) atoms. The van der Waals surface area contributed by atoms with Crippen LogP contribution in [0.5, 0.6) is 0 Å². The monoisotopic (exact) mass is 281 g/mol. The third-order valence-electron chi connectivity index (χ3n) is 2.07. The Bertz CT molecular complexity index is 325. The Morgan fingerprint density at radius 2 is 1.89 bits per heavy atom. The van der Waals surface area contributed by atoms with E-state index in [4.69, 9.17) is 0 Å². The SMILES string of the molecule is C=C(NC)SC(C=O)CC.CC.Cc1ccccc1. The summed E-state index contributed by atoms with van der Waals surface area (Å²) in [6, 6.07) is 10.3. The van der Waals surface area contributed by atoms with Crippen molar-refractivity contribution >= 4 is 18.0 Å². The third-order valence-corrected chi connectivity index (χ3v) is 3.30. The predicted octanol–water partition coefficient (Wildman–Crippen LogP) is 4.41. The van der Waals surface area contributed by atoms with Crippen LogP contribution in [0, 0.1) is 6.92 Å². The molecule has 0 fully saturated rings. The molecule has 0 aromatic heterocycles. The van der Waals surface area contributed by atoms with Gasteiger partial charge in [0.2, 0.25) is 0 Å². The summed E-state index contributed by atoms with van der Waals surface area (Å²) >= 11 is 1.47. The van der Waals surface area contributed by atoms with Crippen LogP contribution in [0.3, 0.4) is 0 Å². The lowest BCUT2D eigenvalue weighted by molar-refractivity contribution is -0.107. The molecule has 3 heteroatoms. The highest BCUT2D eigenvalue weighted by molar-refractivity contribution is 8.04. The largest absolute Gasteiger partial charge is 0.383 e. The van der Waals surface area contributed by atoms with Gasteiger partial charge in [-0.25, -0.2) is 0 Å². The molecule has 0 aliphatic carbocycles. The first kappa shape index (κ1) is 20.1. The highest BCUT2D eigenvalue weighted by Gasteiger charge is 2.04. The fourth-order valence-electron chi connectivity index (χ4n) is 0.983. The van der Waals surface area contributed by atoms with E-state index in [0.29, 0.717) is 0 Å². The molecule has 1 rings (SSSR count). The summed E-state index contributed by atoms with van der Waals surface area (Å²) in [6.45, 7) is 11.8. The van der Waals surface area contributed by atoms with Crippen molar-refractivity contribution in [3.8, 4) is 0 Å². The molecule has 0 radical (unpaired) electrons. The zero-order valence-electron chi connectivity index (χ0n) is 12.8. The van der Waals surface area contributed by atoms with Crippen LogP contribution < -0.4 is 5.32 Å². The summed E-state index contributed by atoms with van der Waals surface area (Å²) in [4.78, 5) is 10.3. The summed E-state index contributed by atoms with van der Waals surface area (Å²) < 4.78 is 0. The van der Waals surface area contributed by atoms with E-state index in [1.165, 1.54) is 17.3 Å². The van der Waals surface area contributed by atoms with E-state index in [1.54, 1.807) is 7.05 Å². The zero-order valence-corrected chi connectivity index (χ0v) is 13.6. The van der Waals surface area contributed by atoms with E-state index in [-0.39, 0.29) is 5.25 Å². The molecule has 0 aliphatic heterocycles. The van der Waals surface area contributed by atoms with Gasteiger partial charge in [-0.2, -0.15) is 0 Å². The minimum absolute atomic E-state index is 0.0555. The lowest BCUT2D eigenvalue weighted by Gasteiger charge is -2.07. The number of hydrogen-bond donors (Lipinski definition) is 1. The average molecular weight is 281 g/mol. The van der Waals surface area contributed by atoms with Gasteiger partial charge in [0, 0.05) is 7.05 Å². The zero-order chi connectivity index (χ0) is 15.1. The van der Waals surface area contributed by atoms with E-state index in [2.05, 4.69) is 31.0 Å². The first-order chi connectivity index (χ1) is 9.13. The average Bonchev–Trinajstić information content (AvgIpc) is 2.48. The van der Waals surface area contributed by atoms with E-state index >= 15 is 0 Å². The predicted molar refractivity (Wildman–Crippen MR) is 88.5 cm³/mol. The molecule has 1 aromatic rings. The van der Waals surface area contributed by atoms with Gasteiger partial charge in [0.05, 0.1) is 10.3 Å². The Hall–Kier alpha value is -1.22. The summed E-state index contributed by atoms with van der Waals surface area (Å²) in [5, 5.41) is 3.78. The Kier molecular flexibility index (Phi) is 15.7. The molecule has 0 heterocycles. The molecule has 1 N–H and O–H groups in total. The Labute approximate surface area is 122 Å². The molecular weight excluding hydrogens is 254 g/mol. The Morgan fingerprint density at radius 3 is 2.16 bits per heavy atom. The van der Waals surface area contributed by atoms with Gasteiger partial charge >= 0.3 is 0 Å². The van der Waals surface area contributed by atoms with Gasteiger partial charge < -0.3 is 10.1 Å². The number of thioether (sulfide) groups is 1. The fraction of sp³-hybridized carbons (Fsp3) is 0.438. The highest BCUT2D eigenvalue weighted by Crippen LogP contribution is 2.17. The minimum Gasteiger partial charge on any atom is -0.383 e. The van der Waals surface area contributed by atoms with Crippen molar-refractivity contribution in [2.75, 3.05) is 7.05 Å². The van der Waals surface area contributed by atoms with Gasteiger partial charge in [-0.05, 0) is 13.3 Å². The van der Waals surface area contributed by atoms with E-state index in [0.717, 1.165) is 17.7 Å². The Balaban J connectivity index is 0. The molecule has 1 atom stereocenters. The smallest absolute Gasteiger partial charge is 0.133 e. The maximum atomic E-state index is 10.3. The van der Waals surface area contributed by atoms with Crippen molar-refractivity contribution in [1.29, 1.82) is 0 Å². The second kappa shape index (κ2) is 14.8. The quantitative estimate of drug-likeness (QED) is 0.811. The minimum atomic E-state index is 0.0555. The number of hydrogen-bond acceptors (Lipinski definition) is 3. The first-order valence-corrected chi connectivity index (χ1v) is 7.52. The molecule has 1 unspecified atom stereocenters. The Morgan fingerprint density at radius 1 is 1.37 bits per heavy atom. The van der Waals surface area contributed by atoms with Crippen molar-refractivity contribution in [2.45, 2.75) is 39.4 Å². The van der Waals surface area contributed by atoms with Gasteiger partial charge in [0.1, 0.15) is 6.29 Å². The fourth-order valence-corrected chi connectivity index (χ4v) is 1.69. The highest BCUT2D eigenvalue weighted by atomic mass is 32.2. The number of nitrogens with one attached hydrogen (secondary N) is 1. The molecule has 108 valence electrons. The molecule has 1 aromatic carbocycles. The van der Waals surface area contributed by atoms with Gasteiger partial charge in [-0.3, -0.25) is 0 Å². The second-order valence-electron chi connectivity index (χ2n) is 3.53. The molecule has 2 nitrogen and oxygen atoms in total. The van der Waals surface area contributed by atoms with Crippen LogP contribution in [-0.2, 0) is 4.79 Å². The lowest BCUT2D eigenvalue weighted by Crippen LogP contribution is -2.08. The molecule has 0 spiro atoms. The number of carbonyl (C=O) groups excluding carboxylic acids is 1. The number of aryl methyl sites for hydroxylation is 1. The topological polar surface area (TPSA) is 29.1 Å². The third kappa shape index (κ3) is 13.0. The molecular formula is C16H27NOS. The molecule has 0 aliphatic rings. The van der Waals surface area contributed by atoms with Gasteiger partial charge in [0.25, 0.3) is 0 Å². The van der Waals surface area contributed by atoms with E-state index in [9.17, 15) is 4.79 Å². The number of aldehydes is 1. The number of rotatable bonds is 5. The maximum Gasteiger partial charge on any atom is 0.133 e. The second-order valence-corrected chi connectivity index (χ2v) is 4.86. The maximum absolute atomic E-state index is 10.3. The van der Waals surface area contributed by atoms with Crippen molar-refractivity contribution in [3.05, 3.63) is 47.5 Å². The van der Waals surface area contributed by atoms with Crippen LogP contribution >= 0.6 is 11.8 Å².